The van der Waals surface area contributed by atoms with Gasteiger partial charge in [0, 0.05) is 11.5 Å². The third-order valence-electron chi connectivity index (χ3n) is 6.72. The smallest absolute Gasteiger partial charge is 0.241 e. The maximum Gasteiger partial charge on any atom is 0.241 e. The van der Waals surface area contributed by atoms with E-state index in [4.69, 9.17) is 4.52 Å². The molecule has 3 aromatic rings. The van der Waals surface area contributed by atoms with Gasteiger partial charge in [-0.15, -0.1) is 0 Å². The van der Waals surface area contributed by atoms with E-state index >= 15 is 0 Å². The molecular weight excluding hydrogens is 412 g/mol. The van der Waals surface area contributed by atoms with Crippen LogP contribution in [-0.4, -0.2) is 34.0 Å². The number of carbonyl (C=O) groups is 1. The van der Waals surface area contributed by atoms with Crippen LogP contribution in [0.2, 0.25) is 0 Å². The number of likely N-dealkylation sites (tertiary alicyclic amines) is 1. The highest BCUT2D eigenvalue weighted by atomic mass is 16.5. The molecule has 1 saturated heterocycles. The molecule has 1 unspecified atom stereocenters. The summed E-state index contributed by atoms with van der Waals surface area (Å²) in [4.78, 5) is 19.8. The minimum Gasteiger partial charge on any atom is -0.349 e. The van der Waals surface area contributed by atoms with E-state index in [1.165, 1.54) is 22.3 Å². The SMILES string of the molecule is CCC(NC(=O)C1CCN(Cc2nc(-c3cccc(C)c3)no2)CC1)c1ccc(C)c(C)c1. The lowest BCUT2D eigenvalue weighted by Gasteiger charge is -2.31. The number of hydrogen-bond donors (Lipinski definition) is 1. The normalized spacial score (nSPS) is 16.0. The first-order valence-electron chi connectivity index (χ1n) is 11.9. The summed E-state index contributed by atoms with van der Waals surface area (Å²) in [6, 6.07) is 14.6. The maximum atomic E-state index is 13.0. The Morgan fingerprint density at radius 1 is 1.12 bits per heavy atom. The predicted octanol–water partition coefficient (Wildman–Crippen LogP) is 5.14. The Morgan fingerprint density at radius 2 is 1.91 bits per heavy atom. The van der Waals surface area contributed by atoms with Crippen LogP contribution in [0.3, 0.4) is 0 Å². The van der Waals surface area contributed by atoms with Gasteiger partial charge in [0.1, 0.15) is 0 Å². The van der Waals surface area contributed by atoms with Gasteiger partial charge in [-0.1, -0.05) is 54.0 Å². The molecule has 0 saturated carbocycles. The van der Waals surface area contributed by atoms with Crippen LogP contribution in [0.1, 0.15) is 60.4 Å². The van der Waals surface area contributed by atoms with Gasteiger partial charge in [0.2, 0.25) is 17.6 Å². The van der Waals surface area contributed by atoms with E-state index in [0.717, 1.165) is 37.9 Å². The molecule has 1 aliphatic heterocycles. The Balaban J connectivity index is 1.29. The number of hydrogen-bond acceptors (Lipinski definition) is 5. The standard InChI is InChI=1S/C27H34N4O2/c1-5-24(22-10-9-19(3)20(4)16-22)28-27(32)21-11-13-31(14-12-21)17-25-29-26(30-33-25)23-8-6-7-18(2)15-23/h6-10,15-16,21,24H,5,11-14,17H2,1-4H3,(H,28,32). The third kappa shape index (κ3) is 5.69. The quantitative estimate of drug-likeness (QED) is 0.544. The minimum atomic E-state index is 0.0485. The summed E-state index contributed by atoms with van der Waals surface area (Å²) in [6.07, 6.45) is 2.57. The maximum absolute atomic E-state index is 13.0. The zero-order valence-corrected chi connectivity index (χ0v) is 20.1. The summed E-state index contributed by atoms with van der Waals surface area (Å²) in [5.74, 6) is 1.46. The fourth-order valence-corrected chi connectivity index (χ4v) is 4.46. The van der Waals surface area contributed by atoms with Gasteiger partial charge in [0.25, 0.3) is 0 Å². The van der Waals surface area contributed by atoms with Crippen molar-refractivity contribution in [3.05, 3.63) is 70.6 Å². The van der Waals surface area contributed by atoms with Crippen molar-refractivity contribution in [1.82, 2.24) is 20.4 Å². The number of carbonyl (C=O) groups excluding carboxylic acids is 1. The zero-order chi connectivity index (χ0) is 23.4. The number of benzene rings is 2. The number of nitrogens with one attached hydrogen (secondary N) is 1. The van der Waals surface area contributed by atoms with Gasteiger partial charge in [-0.2, -0.15) is 4.98 Å². The summed E-state index contributed by atoms with van der Waals surface area (Å²) in [5, 5.41) is 7.43. The molecule has 0 radical (unpaired) electrons. The highest BCUT2D eigenvalue weighted by molar-refractivity contribution is 5.79. The lowest BCUT2D eigenvalue weighted by atomic mass is 9.94. The molecule has 1 amide bonds. The van der Waals surface area contributed by atoms with Crippen molar-refractivity contribution in [1.29, 1.82) is 0 Å². The molecule has 0 spiro atoms. The molecule has 174 valence electrons. The van der Waals surface area contributed by atoms with Crippen LogP contribution in [0.15, 0.2) is 47.0 Å². The monoisotopic (exact) mass is 446 g/mol. The van der Waals surface area contributed by atoms with Crippen molar-refractivity contribution in [2.75, 3.05) is 13.1 Å². The number of aromatic nitrogens is 2. The van der Waals surface area contributed by atoms with E-state index in [0.29, 0.717) is 18.3 Å². The highest BCUT2D eigenvalue weighted by Gasteiger charge is 2.27. The Hall–Kier alpha value is -2.99. The van der Waals surface area contributed by atoms with Crippen LogP contribution in [0, 0.1) is 26.7 Å². The number of nitrogens with zero attached hydrogens (tertiary/aromatic N) is 3. The van der Waals surface area contributed by atoms with E-state index < -0.39 is 0 Å². The zero-order valence-electron chi connectivity index (χ0n) is 20.1. The Kier molecular flexibility index (Phi) is 7.23. The lowest BCUT2D eigenvalue weighted by Crippen LogP contribution is -2.41. The molecule has 33 heavy (non-hydrogen) atoms. The topological polar surface area (TPSA) is 71.3 Å². The van der Waals surface area contributed by atoms with Crippen molar-refractivity contribution < 1.29 is 9.32 Å². The van der Waals surface area contributed by atoms with Crippen LogP contribution >= 0.6 is 0 Å². The molecular formula is C27H34N4O2. The molecule has 6 nitrogen and oxygen atoms in total. The lowest BCUT2D eigenvalue weighted by molar-refractivity contribution is -0.127. The van der Waals surface area contributed by atoms with E-state index in [1.807, 2.05) is 12.1 Å². The van der Waals surface area contributed by atoms with Crippen LogP contribution in [0.4, 0.5) is 0 Å². The summed E-state index contributed by atoms with van der Waals surface area (Å²) in [7, 11) is 0. The molecule has 1 N–H and O–H groups in total. The van der Waals surface area contributed by atoms with Crippen LogP contribution in [0.5, 0.6) is 0 Å². The first-order valence-corrected chi connectivity index (χ1v) is 11.9. The van der Waals surface area contributed by atoms with Crippen LogP contribution < -0.4 is 5.32 Å². The second-order valence-corrected chi connectivity index (χ2v) is 9.24. The van der Waals surface area contributed by atoms with Gasteiger partial charge >= 0.3 is 0 Å². The van der Waals surface area contributed by atoms with Crippen molar-refractivity contribution in [3.8, 4) is 11.4 Å². The van der Waals surface area contributed by atoms with Crippen molar-refractivity contribution >= 4 is 5.91 Å². The molecule has 1 aromatic heterocycles. The molecule has 1 fully saturated rings. The van der Waals surface area contributed by atoms with E-state index in [-0.39, 0.29) is 17.9 Å². The Labute approximate surface area is 196 Å². The first kappa shape index (κ1) is 23.2. The summed E-state index contributed by atoms with van der Waals surface area (Å²) in [5.41, 5.74) is 5.86. The van der Waals surface area contributed by atoms with E-state index in [9.17, 15) is 4.79 Å². The molecule has 2 heterocycles. The molecule has 2 aromatic carbocycles. The average molecular weight is 447 g/mol. The molecule has 1 aliphatic rings. The Morgan fingerprint density at radius 3 is 2.61 bits per heavy atom. The second kappa shape index (κ2) is 10.3. The van der Waals surface area contributed by atoms with Crippen LogP contribution in [-0.2, 0) is 11.3 Å². The summed E-state index contributed by atoms with van der Waals surface area (Å²) >= 11 is 0. The summed E-state index contributed by atoms with van der Waals surface area (Å²) < 4.78 is 5.49. The number of amides is 1. The van der Waals surface area contributed by atoms with E-state index in [1.54, 1.807) is 0 Å². The molecule has 0 bridgehead atoms. The van der Waals surface area contributed by atoms with Crippen molar-refractivity contribution in [3.63, 3.8) is 0 Å². The molecule has 6 heteroatoms. The van der Waals surface area contributed by atoms with Gasteiger partial charge in [-0.05, 0) is 75.9 Å². The van der Waals surface area contributed by atoms with Gasteiger partial charge in [0.15, 0.2) is 0 Å². The Bertz CT molecular complexity index is 1100. The largest absolute Gasteiger partial charge is 0.349 e. The average Bonchev–Trinajstić information content (AvgIpc) is 3.28. The van der Waals surface area contributed by atoms with Gasteiger partial charge < -0.3 is 9.84 Å². The van der Waals surface area contributed by atoms with Crippen molar-refractivity contribution in [2.45, 2.75) is 59.5 Å². The van der Waals surface area contributed by atoms with Crippen LogP contribution in [0.25, 0.3) is 11.4 Å². The van der Waals surface area contributed by atoms with Crippen molar-refractivity contribution in [2.24, 2.45) is 5.92 Å². The van der Waals surface area contributed by atoms with Gasteiger partial charge in [-0.3, -0.25) is 9.69 Å². The first-order chi connectivity index (χ1) is 15.9. The number of aryl methyl sites for hydroxylation is 3. The molecule has 1 atom stereocenters. The second-order valence-electron chi connectivity index (χ2n) is 9.24. The highest BCUT2D eigenvalue weighted by Crippen LogP contribution is 2.24. The minimum absolute atomic E-state index is 0.0485. The summed E-state index contributed by atoms with van der Waals surface area (Å²) in [6.45, 7) is 10.7. The fourth-order valence-electron chi connectivity index (χ4n) is 4.46. The molecule has 0 aliphatic carbocycles. The van der Waals surface area contributed by atoms with Gasteiger partial charge in [0.05, 0.1) is 12.6 Å². The fraction of sp³-hybridized carbons (Fsp3) is 0.444. The number of rotatable bonds is 7. The predicted molar refractivity (Wildman–Crippen MR) is 130 cm³/mol. The third-order valence-corrected chi connectivity index (χ3v) is 6.72. The van der Waals surface area contributed by atoms with E-state index in [2.05, 4.69) is 78.4 Å². The molecule has 4 rings (SSSR count). The van der Waals surface area contributed by atoms with Gasteiger partial charge in [-0.25, -0.2) is 0 Å². The number of piperidine rings is 1.